The maximum atomic E-state index is 12.9. The number of sulfonamides is 1. The zero-order chi connectivity index (χ0) is 20.6. The molecule has 3 rings (SSSR count). The Kier molecular flexibility index (Phi) is 5.22. The number of aromatic amines is 1. The van der Waals surface area contributed by atoms with Crippen molar-refractivity contribution in [1.82, 2.24) is 15.1 Å². The Morgan fingerprint density at radius 2 is 2.00 bits per heavy atom. The highest BCUT2D eigenvalue weighted by Crippen LogP contribution is 2.31. The first-order valence-corrected chi connectivity index (χ1v) is 10.1. The summed E-state index contributed by atoms with van der Waals surface area (Å²) in [5, 5.41) is 7.02. The first-order valence-electron chi connectivity index (χ1n) is 8.25. The molecule has 0 aliphatic rings. The molecule has 0 fully saturated rings. The number of aromatic nitrogens is 2. The van der Waals surface area contributed by atoms with Crippen LogP contribution in [0.2, 0.25) is 5.02 Å². The SMILES string of the molecule is Cc1oc(-c2[nH]ncc2C(=O)N(C)C)cc1S(=O)(=O)Nc1cccc(Cl)c1C. The van der Waals surface area contributed by atoms with Crippen LogP contribution in [0.5, 0.6) is 0 Å². The average Bonchev–Trinajstić information content (AvgIpc) is 3.24. The summed E-state index contributed by atoms with van der Waals surface area (Å²) in [5.74, 6) is 0.0957. The van der Waals surface area contributed by atoms with Gasteiger partial charge < -0.3 is 9.32 Å². The molecule has 10 heteroatoms. The van der Waals surface area contributed by atoms with Crippen molar-refractivity contribution in [3.8, 4) is 11.5 Å². The summed E-state index contributed by atoms with van der Waals surface area (Å²) in [6, 6.07) is 6.32. The molecule has 0 radical (unpaired) electrons. The van der Waals surface area contributed by atoms with Crippen molar-refractivity contribution in [3.05, 3.63) is 52.4 Å². The first-order chi connectivity index (χ1) is 13.1. The quantitative estimate of drug-likeness (QED) is 0.654. The van der Waals surface area contributed by atoms with Gasteiger partial charge in [0.25, 0.3) is 15.9 Å². The molecule has 0 saturated carbocycles. The van der Waals surface area contributed by atoms with Crippen LogP contribution in [-0.4, -0.2) is 43.5 Å². The average molecular weight is 423 g/mol. The third kappa shape index (κ3) is 3.63. The zero-order valence-corrected chi connectivity index (χ0v) is 17.3. The molecule has 0 bridgehead atoms. The molecule has 0 unspecified atom stereocenters. The van der Waals surface area contributed by atoms with Gasteiger partial charge in [-0.25, -0.2) is 8.42 Å². The van der Waals surface area contributed by atoms with E-state index in [1.54, 1.807) is 39.2 Å². The van der Waals surface area contributed by atoms with E-state index in [9.17, 15) is 13.2 Å². The lowest BCUT2D eigenvalue weighted by Gasteiger charge is -2.10. The predicted octanol–water partition coefficient (Wildman–Crippen LogP) is 3.44. The number of halogens is 1. The number of aryl methyl sites for hydroxylation is 1. The maximum absolute atomic E-state index is 12.9. The van der Waals surface area contributed by atoms with Crippen molar-refractivity contribution >= 4 is 33.2 Å². The van der Waals surface area contributed by atoms with Crippen molar-refractivity contribution in [2.75, 3.05) is 18.8 Å². The number of carbonyl (C=O) groups excluding carboxylic acids is 1. The number of furan rings is 1. The summed E-state index contributed by atoms with van der Waals surface area (Å²) >= 11 is 6.06. The molecular weight excluding hydrogens is 404 g/mol. The normalized spacial score (nSPS) is 11.5. The third-order valence-corrected chi connectivity index (χ3v) is 6.08. The van der Waals surface area contributed by atoms with E-state index in [1.807, 2.05) is 0 Å². The van der Waals surface area contributed by atoms with Crippen LogP contribution in [0.4, 0.5) is 5.69 Å². The molecule has 8 nitrogen and oxygen atoms in total. The number of nitrogens with zero attached hydrogens (tertiary/aromatic N) is 2. The summed E-state index contributed by atoms with van der Waals surface area (Å²) in [7, 11) is -0.713. The number of H-pyrrole nitrogens is 1. The number of carbonyl (C=O) groups is 1. The number of amides is 1. The van der Waals surface area contributed by atoms with E-state index in [4.69, 9.17) is 16.0 Å². The second-order valence-corrected chi connectivity index (χ2v) is 8.47. The topological polar surface area (TPSA) is 108 Å². The van der Waals surface area contributed by atoms with Gasteiger partial charge in [-0.3, -0.25) is 14.6 Å². The number of nitrogens with one attached hydrogen (secondary N) is 2. The minimum absolute atomic E-state index is 0.0419. The van der Waals surface area contributed by atoms with Crippen molar-refractivity contribution in [2.45, 2.75) is 18.7 Å². The van der Waals surface area contributed by atoms with Gasteiger partial charge in [-0.15, -0.1) is 0 Å². The number of anilines is 1. The van der Waals surface area contributed by atoms with Crippen molar-refractivity contribution < 1.29 is 17.6 Å². The molecule has 2 N–H and O–H groups in total. The van der Waals surface area contributed by atoms with Crippen LogP contribution in [-0.2, 0) is 10.0 Å². The minimum Gasteiger partial charge on any atom is -0.458 e. The molecule has 148 valence electrons. The Labute approximate surface area is 167 Å². The monoisotopic (exact) mass is 422 g/mol. The van der Waals surface area contributed by atoms with E-state index >= 15 is 0 Å². The molecular formula is C18H19ClN4O4S. The molecule has 2 aromatic heterocycles. The lowest BCUT2D eigenvalue weighted by atomic mass is 10.2. The molecule has 3 aromatic rings. The molecule has 1 amide bonds. The standard InChI is InChI=1S/C18H19ClN4O4S/c1-10-13(19)6-5-7-14(10)22-28(25,26)16-8-15(27-11(16)2)17-12(9-20-21-17)18(24)23(3)4/h5-9,22H,1-4H3,(H,20,21). The molecule has 0 spiro atoms. The fourth-order valence-electron chi connectivity index (χ4n) is 2.65. The van der Waals surface area contributed by atoms with Gasteiger partial charge in [-0.2, -0.15) is 5.10 Å². The van der Waals surface area contributed by atoms with Crippen LogP contribution in [0, 0.1) is 13.8 Å². The zero-order valence-electron chi connectivity index (χ0n) is 15.7. The Hall–Kier alpha value is -2.78. The molecule has 28 heavy (non-hydrogen) atoms. The Bertz CT molecular complexity index is 1150. The van der Waals surface area contributed by atoms with E-state index in [0.717, 1.165) is 0 Å². The van der Waals surface area contributed by atoms with Crippen LogP contribution in [0.15, 0.2) is 39.8 Å². The van der Waals surface area contributed by atoms with Gasteiger partial charge in [0.05, 0.1) is 17.4 Å². The summed E-state index contributed by atoms with van der Waals surface area (Å²) in [5.41, 5.74) is 1.57. The second kappa shape index (κ2) is 7.33. The third-order valence-electron chi connectivity index (χ3n) is 4.20. The largest absolute Gasteiger partial charge is 0.458 e. The van der Waals surface area contributed by atoms with Crippen LogP contribution >= 0.6 is 11.6 Å². The van der Waals surface area contributed by atoms with Gasteiger partial charge in [-0.05, 0) is 31.5 Å². The summed E-state index contributed by atoms with van der Waals surface area (Å²) in [6.07, 6.45) is 1.37. The van der Waals surface area contributed by atoms with E-state index in [-0.39, 0.29) is 27.9 Å². The molecule has 0 saturated heterocycles. The fourth-order valence-corrected chi connectivity index (χ4v) is 4.13. The van der Waals surface area contributed by atoms with Gasteiger partial charge in [0.2, 0.25) is 0 Å². The minimum atomic E-state index is -3.93. The van der Waals surface area contributed by atoms with Crippen molar-refractivity contribution in [2.24, 2.45) is 0 Å². The van der Waals surface area contributed by atoms with Crippen LogP contribution in [0.3, 0.4) is 0 Å². The highest BCUT2D eigenvalue weighted by atomic mass is 35.5. The number of hydrogen-bond donors (Lipinski definition) is 2. The van der Waals surface area contributed by atoms with Gasteiger partial charge in [0.1, 0.15) is 16.3 Å². The van der Waals surface area contributed by atoms with Gasteiger partial charge in [-0.1, -0.05) is 17.7 Å². The summed E-state index contributed by atoms with van der Waals surface area (Å²) in [6.45, 7) is 3.25. The van der Waals surface area contributed by atoms with Crippen molar-refractivity contribution in [3.63, 3.8) is 0 Å². The lowest BCUT2D eigenvalue weighted by molar-refractivity contribution is 0.0828. The maximum Gasteiger partial charge on any atom is 0.265 e. The van der Waals surface area contributed by atoms with Gasteiger partial charge in [0.15, 0.2) is 5.76 Å². The van der Waals surface area contributed by atoms with E-state index in [0.29, 0.717) is 22.0 Å². The molecule has 0 atom stereocenters. The van der Waals surface area contributed by atoms with Gasteiger partial charge in [0, 0.05) is 25.2 Å². The number of hydrogen-bond acceptors (Lipinski definition) is 5. The molecule has 0 aliphatic carbocycles. The van der Waals surface area contributed by atoms with Crippen molar-refractivity contribution in [1.29, 1.82) is 0 Å². The predicted molar refractivity (Wildman–Crippen MR) is 106 cm³/mol. The number of benzene rings is 1. The highest BCUT2D eigenvalue weighted by Gasteiger charge is 2.26. The smallest absolute Gasteiger partial charge is 0.265 e. The van der Waals surface area contributed by atoms with E-state index in [2.05, 4.69) is 14.9 Å². The van der Waals surface area contributed by atoms with Crippen LogP contribution < -0.4 is 4.72 Å². The lowest BCUT2D eigenvalue weighted by Crippen LogP contribution is -2.21. The second-order valence-electron chi connectivity index (χ2n) is 6.41. The van der Waals surface area contributed by atoms with Crippen LogP contribution in [0.25, 0.3) is 11.5 Å². The highest BCUT2D eigenvalue weighted by molar-refractivity contribution is 7.92. The Balaban J connectivity index is 2.00. The van der Waals surface area contributed by atoms with E-state index < -0.39 is 10.0 Å². The molecule has 2 heterocycles. The Morgan fingerprint density at radius 3 is 2.68 bits per heavy atom. The first kappa shape index (κ1) is 20.0. The molecule has 1 aromatic carbocycles. The summed E-state index contributed by atoms with van der Waals surface area (Å²) in [4.78, 5) is 13.6. The van der Waals surface area contributed by atoms with E-state index in [1.165, 1.54) is 24.1 Å². The van der Waals surface area contributed by atoms with Gasteiger partial charge >= 0.3 is 0 Å². The van der Waals surface area contributed by atoms with Crippen LogP contribution in [0.1, 0.15) is 21.7 Å². The molecule has 0 aliphatic heterocycles. The Morgan fingerprint density at radius 1 is 1.29 bits per heavy atom. The number of rotatable bonds is 5. The summed E-state index contributed by atoms with van der Waals surface area (Å²) < 4.78 is 33.9. The fraction of sp³-hybridized carbons (Fsp3) is 0.222.